The first-order valence-corrected chi connectivity index (χ1v) is 14.0. The lowest BCUT2D eigenvalue weighted by Crippen LogP contribution is -2.34. The van der Waals surface area contributed by atoms with Gasteiger partial charge in [0.25, 0.3) is 0 Å². The Morgan fingerprint density at radius 2 is 1.81 bits per heavy atom. The van der Waals surface area contributed by atoms with Crippen LogP contribution in [0.4, 0.5) is 14.6 Å². The number of aromatic nitrogens is 4. The standard InChI is InChI=1S/C26H27F2N5O3S/c1-14(2)26-31-24(32-36-26)16-7-9-33(10-8-16)25-20-12-17(27)11-19(23(20)29-13-30-25)18-5-6-21(37(4,34)35)22(28)15(18)3/h5-6,11-14,16H,7-10H2,1-4H3. The van der Waals surface area contributed by atoms with E-state index in [0.717, 1.165) is 19.1 Å². The summed E-state index contributed by atoms with van der Waals surface area (Å²) < 4.78 is 59.2. The van der Waals surface area contributed by atoms with Gasteiger partial charge >= 0.3 is 0 Å². The Bertz CT molecular complexity index is 1600. The smallest absolute Gasteiger partial charge is 0.229 e. The number of nitrogens with zero attached hydrogens (tertiary/aromatic N) is 5. The van der Waals surface area contributed by atoms with E-state index < -0.39 is 26.4 Å². The third kappa shape index (κ3) is 4.68. The van der Waals surface area contributed by atoms with Crippen molar-refractivity contribution in [3.8, 4) is 11.1 Å². The number of hydrogen-bond acceptors (Lipinski definition) is 8. The molecule has 0 atom stereocenters. The maximum absolute atomic E-state index is 15.0. The molecule has 37 heavy (non-hydrogen) atoms. The Morgan fingerprint density at radius 3 is 2.46 bits per heavy atom. The summed E-state index contributed by atoms with van der Waals surface area (Å²) in [7, 11) is -3.75. The van der Waals surface area contributed by atoms with E-state index in [4.69, 9.17) is 4.52 Å². The Kier molecular flexibility index (Phi) is 6.43. The minimum atomic E-state index is -3.75. The molecule has 2 aromatic heterocycles. The lowest BCUT2D eigenvalue weighted by Gasteiger charge is -2.32. The minimum absolute atomic E-state index is 0.108. The topological polar surface area (TPSA) is 102 Å². The van der Waals surface area contributed by atoms with Crippen LogP contribution in [0, 0.1) is 18.6 Å². The van der Waals surface area contributed by atoms with E-state index in [1.54, 1.807) is 0 Å². The predicted molar refractivity (Wildman–Crippen MR) is 135 cm³/mol. The molecule has 1 fully saturated rings. The van der Waals surface area contributed by atoms with E-state index in [0.29, 0.717) is 52.7 Å². The highest BCUT2D eigenvalue weighted by Crippen LogP contribution is 2.37. The number of fused-ring (bicyclic) bond motifs is 1. The number of rotatable bonds is 5. The summed E-state index contributed by atoms with van der Waals surface area (Å²) in [6, 6.07) is 5.37. The van der Waals surface area contributed by atoms with Crippen molar-refractivity contribution in [3.63, 3.8) is 0 Å². The molecular weight excluding hydrogens is 500 g/mol. The average Bonchev–Trinajstić information content (AvgIpc) is 3.35. The Balaban J connectivity index is 1.50. The van der Waals surface area contributed by atoms with Crippen molar-refractivity contribution in [1.82, 2.24) is 20.1 Å². The average molecular weight is 528 g/mol. The molecule has 0 saturated carbocycles. The van der Waals surface area contributed by atoms with Gasteiger partial charge in [0.15, 0.2) is 15.7 Å². The van der Waals surface area contributed by atoms with Gasteiger partial charge < -0.3 is 9.42 Å². The van der Waals surface area contributed by atoms with Crippen molar-refractivity contribution in [1.29, 1.82) is 0 Å². The highest BCUT2D eigenvalue weighted by atomic mass is 32.2. The number of benzene rings is 2. The Hall–Kier alpha value is -3.47. The third-order valence-corrected chi connectivity index (χ3v) is 7.95. The van der Waals surface area contributed by atoms with Gasteiger partial charge in [0.1, 0.15) is 28.7 Å². The second-order valence-corrected chi connectivity index (χ2v) is 11.8. The van der Waals surface area contributed by atoms with E-state index >= 15 is 4.39 Å². The monoisotopic (exact) mass is 527 g/mol. The molecule has 0 amide bonds. The number of anilines is 1. The molecule has 0 N–H and O–H groups in total. The van der Waals surface area contributed by atoms with Gasteiger partial charge in [-0.2, -0.15) is 4.98 Å². The molecule has 194 valence electrons. The predicted octanol–water partition coefficient (Wildman–Crippen LogP) is 5.18. The van der Waals surface area contributed by atoms with Gasteiger partial charge in [-0.15, -0.1) is 0 Å². The number of halogens is 2. The first-order valence-electron chi connectivity index (χ1n) is 12.1. The van der Waals surface area contributed by atoms with E-state index in [9.17, 15) is 12.8 Å². The summed E-state index contributed by atoms with van der Waals surface area (Å²) in [5, 5.41) is 4.66. The lowest BCUT2D eigenvalue weighted by molar-refractivity contribution is 0.353. The second kappa shape index (κ2) is 9.44. The maximum Gasteiger partial charge on any atom is 0.229 e. The van der Waals surface area contributed by atoms with Crippen LogP contribution in [-0.2, 0) is 9.84 Å². The van der Waals surface area contributed by atoms with Crippen LogP contribution in [0.3, 0.4) is 0 Å². The number of piperidine rings is 1. The van der Waals surface area contributed by atoms with Gasteiger partial charge in [-0.05, 0) is 49.1 Å². The van der Waals surface area contributed by atoms with Gasteiger partial charge in [0.05, 0.1) is 5.52 Å². The van der Waals surface area contributed by atoms with Crippen molar-refractivity contribution in [3.05, 3.63) is 59.5 Å². The number of hydrogen-bond donors (Lipinski definition) is 0. The van der Waals surface area contributed by atoms with Crippen LogP contribution in [-0.4, -0.2) is 47.9 Å². The molecule has 1 aliphatic rings. The van der Waals surface area contributed by atoms with Crippen LogP contribution in [0.5, 0.6) is 0 Å². The highest BCUT2D eigenvalue weighted by molar-refractivity contribution is 7.90. The van der Waals surface area contributed by atoms with Crippen molar-refractivity contribution in [2.45, 2.75) is 50.3 Å². The summed E-state index contributed by atoms with van der Waals surface area (Å²) >= 11 is 0. The molecule has 3 heterocycles. The van der Waals surface area contributed by atoms with Gasteiger partial charge in [0, 0.05) is 42.1 Å². The quantitative estimate of drug-likeness (QED) is 0.350. The molecule has 1 aliphatic heterocycles. The van der Waals surface area contributed by atoms with Crippen molar-refractivity contribution >= 4 is 26.6 Å². The lowest BCUT2D eigenvalue weighted by atomic mass is 9.95. The largest absolute Gasteiger partial charge is 0.356 e. The van der Waals surface area contributed by atoms with Crippen LogP contribution in [0.2, 0.25) is 0 Å². The minimum Gasteiger partial charge on any atom is -0.356 e. The second-order valence-electron chi connectivity index (χ2n) is 9.78. The molecule has 0 radical (unpaired) electrons. The summed E-state index contributed by atoms with van der Waals surface area (Å²) in [6.45, 7) is 6.80. The Morgan fingerprint density at radius 1 is 1.08 bits per heavy atom. The van der Waals surface area contributed by atoms with E-state index in [1.165, 1.54) is 37.5 Å². The molecule has 0 aliphatic carbocycles. The molecule has 0 spiro atoms. The molecule has 11 heteroatoms. The zero-order valence-electron chi connectivity index (χ0n) is 21.0. The molecule has 0 bridgehead atoms. The summed E-state index contributed by atoms with van der Waals surface area (Å²) in [5.74, 6) is 0.873. The maximum atomic E-state index is 15.0. The van der Waals surface area contributed by atoms with E-state index in [1.807, 2.05) is 13.8 Å². The first kappa shape index (κ1) is 25.2. The van der Waals surface area contributed by atoms with E-state index in [2.05, 4.69) is 25.0 Å². The number of sulfone groups is 1. The fraction of sp³-hybridized carbons (Fsp3) is 0.385. The molecule has 0 unspecified atom stereocenters. The van der Waals surface area contributed by atoms with Crippen molar-refractivity contribution in [2.24, 2.45) is 0 Å². The zero-order chi connectivity index (χ0) is 26.5. The third-order valence-electron chi connectivity index (χ3n) is 6.83. The molecule has 2 aromatic carbocycles. The summed E-state index contributed by atoms with van der Waals surface area (Å²) in [5.41, 5.74) is 1.31. The molecule has 4 aromatic rings. The molecule has 5 rings (SSSR count). The van der Waals surface area contributed by atoms with Crippen molar-refractivity contribution in [2.75, 3.05) is 24.2 Å². The fourth-order valence-corrected chi connectivity index (χ4v) is 5.61. The molecule has 1 saturated heterocycles. The van der Waals surface area contributed by atoms with E-state index in [-0.39, 0.29) is 17.4 Å². The van der Waals surface area contributed by atoms with Gasteiger partial charge in [-0.3, -0.25) is 0 Å². The zero-order valence-corrected chi connectivity index (χ0v) is 21.8. The normalized spacial score (nSPS) is 15.2. The van der Waals surface area contributed by atoms with Crippen LogP contribution < -0.4 is 4.90 Å². The van der Waals surface area contributed by atoms with Crippen molar-refractivity contribution < 1.29 is 21.7 Å². The first-order chi connectivity index (χ1) is 17.5. The van der Waals surface area contributed by atoms with Crippen LogP contribution in [0.15, 0.2) is 40.0 Å². The summed E-state index contributed by atoms with van der Waals surface area (Å²) in [6.07, 6.45) is 3.92. The SMILES string of the molecule is Cc1c(-c2cc(F)cc3c(N4CCC(c5noc(C(C)C)n5)CC4)ncnc23)ccc(S(C)(=O)=O)c1F. The van der Waals surface area contributed by atoms with Gasteiger partial charge in [0.2, 0.25) is 5.89 Å². The van der Waals surface area contributed by atoms with Crippen LogP contribution in [0.1, 0.15) is 55.8 Å². The van der Waals surface area contributed by atoms with Gasteiger partial charge in [-0.1, -0.05) is 25.1 Å². The molecule has 8 nitrogen and oxygen atoms in total. The van der Waals surface area contributed by atoms with Crippen LogP contribution >= 0.6 is 0 Å². The Labute approximate surface area is 213 Å². The molecular formula is C26H27F2N5O3S. The fourth-order valence-electron chi connectivity index (χ4n) is 4.81. The summed E-state index contributed by atoms with van der Waals surface area (Å²) in [4.78, 5) is 15.1. The van der Waals surface area contributed by atoms with Crippen LogP contribution in [0.25, 0.3) is 22.0 Å². The highest BCUT2D eigenvalue weighted by Gasteiger charge is 2.27. The van der Waals surface area contributed by atoms with Gasteiger partial charge in [-0.25, -0.2) is 27.2 Å².